The summed E-state index contributed by atoms with van der Waals surface area (Å²) in [6, 6.07) is 14.8. The van der Waals surface area contributed by atoms with Crippen LogP contribution < -0.4 is 5.32 Å². The number of benzene rings is 1. The van der Waals surface area contributed by atoms with E-state index in [0.717, 1.165) is 11.3 Å². The smallest absolute Gasteiger partial charge is 0.407 e. The molecule has 1 saturated carbocycles. The molecule has 4 rings (SSSR count). The van der Waals surface area contributed by atoms with E-state index < -0.39 is 17.6 Å². The number of ether oxygens (including phenoxy) is 1. The van der Waals surface area contributed by atoms with Crippen LogP contribution in [0.5, 0.6) is 0 Å². The molecule has 1 aromatic heterocycles. The number of nitrogens with one attached hydrogen (secondary N) is 1. The first-order chi connectivity index (χ1) is 13.5. The van der Waals surface area contributed by atoms with Gasteiger partial charge in [-0.2, -0.15) is 0 Å². The Morgan fingerprint density at radius 1 is 1.18 bits per heavy atom. The number of halogens is 1. The van der Waals surface area contributed by atoms with Gasteiger partial charge < -0.3 is 20.1 Å². The van der Waals surface area contributed by atoms with Crippen molar-refractivity contribution in [2.75, 3.05) is 19.6 Å². The van der Waals surface area contributed by atoms with Crippen molar-refractivity contribution in [2.45, 2.75) is 12.0 Å². The number of carbonyl (C=O) groups excluding carboxylic acids is 1. The van der Waals surface area contributed by atoms with Crippen LogP contribution in [-0.4, -0.2) is 46.8 Å². The molecule has 2 heterocycles. The molecule has 1 saturated heterocycles. The Hall–Kier alpha value is -2.80. The van der Waals surface area contributed by atoms with Crippen LogP contribution >= 0.6 is 11.6 Å². The van der Waals surface area contributed by atoms with Gasteiger partial charge in [-0.1, -0.05) is 48.0 Å². The molecular formula is C20H20ClN3O4. The Bertz CT molecular complexity index is 880. The van der Waals surface area contributed by atoms with Crippen molar-refractivity contribution in [2.24, 2.45) is 11.8 Å². The van der Waals surface area contributed by atoms with Gasteiger partial charge in [0.25, 0.3) is 0 Å². The number of aromatic nitrogens is 1. The number of hydrogen-bond acceptors (Lipinski definition) is 4. The number of rotatable bonds is 5. The quantitative estimate of drug-likeness (QED) is 0.751. The summed E-state index contributed by atoms with van der Waals surface area (Å²) in [4.78, 5) is 29.3. The normalized spacial score (nSPS) is 25.1. The average molecular weight is 402 g/mol. The van der Waals surface area contributed by atoms with E-state index in [-0.39, 0.29) is 18.4 Å². The van der Waals surface area contributed by atoms with E-state index >= 15 is 0 Å². The molecule has 2 aliphatic rings. The minimum absolute atomic E-state index is 0.101. The number of pyridine rings is 1. The summed E-state index contributed by atoms with van der Waals surface area (Å²) in [6.07, 6.45) is -1.43. The fourth-order valence-corrected chi connectivity index (χ4v) is 4.45. The van der Waals surface area contributed by atoms with Crippen LogP contribution in [0.15, 0.2) is 48.5 Å². The van der Waals surface area contributed by atoms with Crippen LogP contribution in [0.1, 0.15) is 11.3 Å². The lowest BCUT2D eigenvalue weighted by atomic mass is 9.94. The van der Waals surface area contributed by atoms with E-state index in [1.807, 2.05) is 42.5 Å². The number of piperidine rings is 1. The Balaban J connectivity index is 1.43. The number of fused-ring (bicyclic) bond motifs is 1. The van der Waals surface area contributed by atoms with Gasteiger partial charge in [0, 0.05) is 25.0 Å². The minimum Gasteiger partial charge on any atom is -0.465 e. The molecule has 2 N–H and O–H groups in total. The van der Waals surface area contributed by atoms with E-state index in [1.54, 1.807) is 6.07 Å². The highest BCUT2D eigenvalue weighted by atomic mass is 35.5. The summed E-state index contributed by atoms with van der Waals surface area (Å²) in [5.74, 6) is 0.202. The van der Waals surface area contributed by atoms with Crippen LogP contribution in [-0.2, 0) is 16.8 Å². The molecule has 2 aromatic rings. The van der Waals surface area contributed by atoms with Gasteiger partial charge in [-0.05, 0) is 29.5 Å². The number of carboxylic acid groups (broad SMARTS) is 1. The predicted molar refractivity (Wildman–Crippen MR) is 102 cm³/mol. The molecular weight excluding hydrogens is 382 g/mol. The zero-order valence-corrected chi connectivity index (χ0v) is 15.8. The molecule has 0 spiro atoms. The van der Waals surface area contributed by atoms with E-state index in [0.29, 0.717) is 24.8 Å². The number of nitrogens with zero attached hydrogens (tertiary/aromatic N) is 2. The summed E-state index contributed by atoms with van der Waals surface area (Å²) < 4.78 is 5.29. The molecule has 2 amide bonds. The molecule has 2 fully saturated rings. The molecule has 8 heteroatoms. The van der Waals surface area contributed by atoms with Crippen molar-refractivity contribution in [3.8, 4) is 0 Å². The summed E-state index contributed by atoms with van der Waals surface area (Å²) >= 11 is 6.07. The lowest BCUT2D eigenvalue weighted by Crippen LogP contribution is -2.41. The first kappa shape index (κ1) is 18.6. The fraction of sp³-hybridized carbons (Fsp3) is 0.350. The third-order valence-electron chi connectivity index (χ3n) is 5.73. The molecule has 1 aliphatic heterocycles. The van der Waals surface area contributed by atoms with Gasteiger partial charge >= 0.3 is 12.2 Å². The molecule has 146 valence electrons. The van der Waals surface area contributed by atoms with Crippen LogP contribution in [0, 0.1) is 11.8 Å². The van der Waals surface area contributed by atoms with E-state index in [9.17, 15) is 14.7 Å². The standard InChI is InChI=1S/C20H20ClN3O4/c21-17-8-4-7-16(23-17)20(14-9-24(19(26)27)10-15(14)20)12-22-18(25)28-11-13-5-2-1-3-6-13/h1-8,14-15H,9-12H2,(H,22,25)(H,26,27)/t14-,15+,20-. The topological polar surface area (TPSA) is 91.8 Å². The van der Waals surface area contributed by atoms with Gasteiger partial charge in [-0.25, -0.2) is 14.6 Å². The second kappa shape index (κ2) is 7.31. The molecule has 7 nitrogen and oxygen atoms in total. The maximum atomic E-state index is 12.2. The van der Waals surface area contributed by atoms with Crippen LogP contribution in [0.25, 0.3) is 0 Å². The highest BCUT2D eigenvalue weighted by Crippen LogP contribution is 2.62. The zero-order chi connectivity index (χ0) is 19.7. The predicted octanol–water partition coefficient (Wildman–Crippen LogP) is 3.14. The van der Waals surface area contributed by atoms with Gasteiger partial charge in [-0.15, -0.1) is 0 Å². The Morgan fingerprint density at radius 3 is 2.54 bits per heavy atom. The maximum absolute atomic E-state index is 12.2. The van der Waals surface area contributed by atoms with Crippen LogP contribution in [0.4, 0.5) is 9.59 Å². The van der Waals surface area contributed by atoms with Crippen molar-refractivity contribution in [3.63, 3.8) is 0 Å². The SMILES string of the molecule is O=C(NC[C@@]1(c2cccc(Cl)n2)[C@@H]2CN(C(=O)O)C[C@@H]21)OCc1ccccc1. The van der Waals surface area contributed by atoms with Crippen molar-refractivity contribution < 1.29 is 19.4 Å². The third-order valence-corrected chi connectivity index (χ3v) is 5.95. The lowest BCUT2D eigenvalue weighted by Gasteiger charge is -2.25. The van der Waals surface area contributed by atoms with Crippen molar-refractivity contribution in [1.29, 1.82) is 0 Å². The first-order valence-electron chi connectivity index (χ1n) is 9.06. The van der Waals surface area contributed by atoms with Gasteiger partial charge in [0.15, 0.2) is 0 Å². The summed E-state index contributed by atoms with van der Waals surface area (Å²) in [5.41, 5.74) is 1.27. The Labute approximate surface area is 167 Å². The molecule has 3 atom stereocenters. The number of carbonyl (C=O) groups is 2. The van der Waals surface area contributed by atoms with Gasteiger partial charge in [-0.3, -0.25) is 0 Å². The highest BCUT2D eigenvalue weighted by molar-refractivity contribution is 6.29. The molecule has 1 aromatic carbocycles. The summed E-state index contributed by atoms with van der Waals surface area (Å²) in [6.45, 7) is 1.37. The molecule has 0 unspecified atom stereocenters. The maximum Gasteiger partial charge on any atom is 0.407 e. The van der Waals surface area contributed by atoms with Crippen LogP contribution in [0.3, 0.4) is 0 Å². The molecule has 28 heavy (non-hydrogen) atoms. The first-order valence-corrected chi connectivity index (χ1v) is 9.44. The molecule has 0 bridgehead atoms. The third kappa shape index (κ3) is 3.38. The number of amides is 2. The number of likely N-dealkylation sites (tertiary alicyclic amines) is 1. The Morgan fingerprint density at radius 2 is 1.89 bits per heavy atom. The zero-order valence-electron chi connectivity index (χ0n) is 15.0. The highest BCUT2D eigenvalue weighted by Gasteiger charge is 2.70. The second-order valence-electron chi connectivity index (χ2n) is 7.20. The molecule has 0 radical (unpaired) electrons. The minimum atomic E-state index is -0.921. The largest absolute Gasteiger partial charge is 0.465 e. The van der Waals surface area contributed by atoms with Gasteiger partial charge in [0.2, 0.25) is 0 Å². The second-order valence-corrected chi connectivity index (χ2v) is 7.59. The molecule has 1 aliphatic carbocycles. The summed E-state index contributed by atoms with van der Waals surface area (Å²) in [7, 11) is 0. The van der Waals surface area contributed by atoms with E-state index in [4.69, 9.17) is 16.3 Å². The van der Waals surface area contributed by atoms with Gasteiger partial charge in [0.05, 0.1) is 5.69 Å². The monoisotopic (exact) mass is 401 g/mol. The van der Waals surface area contributed by atoms with E-state index in [1.165, 1.54) is 4.90 Å². The van der Waals surface area contributed by atoms with Crippen molar-refractivity contribution in [3.05, 3.63) is 64.9 Å². The summed E-state index contributed by atoms with van der Waals surface area (Å²) in [5, 5.41) is 12.4. The van der Waals surface area contributed by atoms with Gasteiger partial charge in [0.1, 0.15) is 11.8 Å². The van der Waals surface area contributed by atoms with Crippen molar-refractivity contribution in [1.82, 2.24) is 15.2 Å². The van der Waals surface area contributed by atoms with Crippen molar-refractivity contribution >= 4 is 23.8 Å². The Kier molecular flexibility index (Phi) is 4.85. The van der Waals surface area contributed by atoms with E-state index in [2.05, 4.69) is 10.3 Å². The number of hydrogen-bond donors (Lipinski definition) is 2. The van der Waals surface area contributed by atoms with Crippen LogP contribution in [0.2, 0.25) is 5.15 Å². The average Bonchev–Trinajstić information content (AvgIpc) is 3.06. The fourth-order valence-electron chi connectivity index (χ4n) is 4.28. The lowest BCUT2D eigenvalue weighted by molar-refractivity contribution is 0.134. The number of alkyl carbamates (subject to hydrolysis) is 1.